The Kier molecular flexibility index (Phi) is 4.44. The molecule has 0 radical (unpaired) electrons. The van der Waals surface area contributed by atoms with Crippen molar-refractivity contribution in [2.24, 2.45) is 0 Å². The van der Waals surface area contributed by atoms with Crippen LogP contribution in [0.3, 0.4) is 0 Å². The number of hydrogen-bond donors (Lipinski definition) is 1. The predicted octanol–water partition coefficient (Wildman–Crippen LogP) is 1.96. The number of aliphatic hydroxyl groups is 1. The molecule has 2 heterocycles. The standard InChI is InChI=1S/C20H22N2O4S/c1-2-19(24)22-17-12-21(27(25,26)14-8-4-3-5-9-14)16-11-7-6-10-15(16)20(17)18(22)13-23/h3-11,17-18,20,23H,2,12-13H2,1H3/t17-,18-,20+/m0/s1. The first-order chi connectivity index (χ1) is 13.0. The summed E-state index contributed by atoms with van der Waals surface area (Å²) in [6.45, 7) is 1.84. The van der Waals surface area contributed by atoms with E-state index in [1.807, 2.05) is 18.2 Å². The number of carbonyl (C=O) groups is 1. The predicted molar refractivity (Wildman–Crippen MR) is 102 cm³/mol. The average Bonchev–Trinajstić information content (AvgIpc) is 2.68. The lowest BCUT2D eigenvalue weighted by atomic mass is 9.72. The Morgan fingerprint density at radius 1 is 1.11 bits per heavy atom. The first-order valence-electron chi connectivity index (χ1n) is 9.09. The van der Waals surface area contributed by atoms with Gasteiger partial charge in [-0.15, -0.1) is 0 Å². The second kappa shape index (κ2) is 6.65. The fourth-order valence-corrected chi connectivity index (χ4v) is 5.86. The molecule has 142 valence electrons. The van der Waals surface area contributed by atoms with Crippen LogP contribution in [0.2, 0.25) is 0 Å². The molecule has 2 aromatic carbocycles. The second-order valence-electron chi connectivity index (χ2n) is 6.91. The van der Waals surface area contributed by atoms with Crippen LogP contribution in [0, 0.1) is 0 Å². The van der Waals surface area contributed by atoms with E-state index in [1.54, 1.807) is 48.2 Å². The molecule has 1 amide bonds. The largest absolute Gasteiger partial charge is 0.394 e. The SMILES string of the molecule is CCC(=O)N1[C@@H](CO)[C@@H]2c3ccccc3N(S(=O)(=O)c3ccccc3)C[C@@H]21. The summed E-state index contributed by atoms with van der Waals surface area (Å²) in [5.41, 5.74) is 1.50. The van der Waals surface area contributed by atoms with Gasteiger partial charge < -0.3 is 10.0 Å². The number of rotatable bonds is 4. The van der Waals surface area contributed by atoms with Gasteiger partial charge >= 0.3 is 0 Å². The Balaban J connectivity index is 1.81. The van der Waals surface area contributed by atoms with Crippen LogP contribution in [0.4, 0.5) is 5.69 Å². The lowest BCUT2D eigenvalue weighted by molar-refractivity contribution is -0.149. The second-order valence-corrected chi connectivity index (χ2v) is 8.77. The number of likely N-dealkylation sites (tertiary alicyclic amines) is 1. The molecule has 1 N–H and O–H groups in total. The molecule has 0 aromatic heterocycles. The minimum absolute atomic E-state index is 0.0519. The highest BCUT2D eigenvalue weighted by Gasteiger charge is 2.55. The molecule has 0 aliphatic carbocycles. The number of amides is 1. The number of aliphatic hydroxyl groups excluding tert-OH is 1. The minimum atomic E-state index is -3.75. The van der Waals surface area contributed by atoms with Crippen LogP contribution >= 0.6 is 0 Å². The van der Waals surface area contributed by atoms with Crippen LogP contribution in [-0.2, 0) is 14.8 Å². The van der Waals surface area contributed by atoms with Gasteiger partial charge in [-0.3, -0.25) is 9.10 Å². The van der Waals surface area contributed by atoms with E-state index in [9.17, 15) is 18.3 Å². The number of fused-ring (bicyclic) bond motifs is 3. The van der Waals surface area contributed by atoms with E-state index >= 15 is 0 Å². The van der Waals surface area contributed by atoms with Crippen molar-refractivity contribution in [2.45, 2.75) is 36.2 Å². The van der Waals surface area contributed by atoms with Crippen molar-refractivity contribution in [3.63, 3.8) is 0 Å². The van der Waals surface area contributed by atoms with Gasteiger partial charge in [-0.25, -0.2) is 8.42 Å². The maximum Gasteiger partial charge on any atom is 0.264 e. The fraction of sp³-hybridized carbons (Fsp3) is 0.350. The summed E-state index contributed by atoms with van der Waals surface area (Å²) < 4.78 is 28.0. The highest BCUT2D eigenvalue weighted by atomic mass is 32.2. The summed E-state index contributed by atoms with van der Waals surface area (Å²) in [6.07, 6.45) is 0.326. The summed E-state index contributed by atoms with van der Waals surface area (Å²) in [7, 11) is -3.75. The highest BCUT2D eigenvalue weighted by molar-refractivity contribution is 7.92. The molecule has 1 fully saturated rings. The summed E-state index contributed by atoms with van der Waals surface area (Å²) in [5, 5.41) is 9.84. The van der Waals surface area contributed by atoms with E-state index in [2.05, 4.69) is 0 Å². The van der Waals surface area contributed by atoms with E-state index in [0.29, 0.717) is 12.1 Å². The molecule has 7 heteroatoms. The smallest absolute Gasteiger partial charge is 0.264 e. The number of benzene rings is 2. The maximum absolute atomic E-state index is 13.3. The van der Waals surface area contributed by atoms with Gasteiger partial charge in [0.15, 0.2) is 0 Å². The van der Waals surface area contributed by atoms with Crippen molar-refractivity contribution in [2.75, 3.05) is 17.5 Å². The van der Waals surface area contributed by atoms with Crippen LogP contribution in [0.25, 0.3) is 0 Å². The molecular weight excluding hydrogens is 364 g/mol. The topological polar surface area (TPSA) is 77.9 Å². The molecule has 0 saturated carbocycles. The van der Waals surface area contributed by atoms with Crippen LogP contribution in [0.5, 0.6) is 0 Å². The summed E-state index contributed by atoms with van der Waals surface area (Å²) >= 11 is 0. The zero-order chi connectivity index (χ0) is 19.2. The molecule has 0 unspecified atom stereocenters. The molecular formula is C20H22N2O4S. The van der Waals surface area contributed by atoms with Gasteiger partial charge in [0.05, 0.1) is 35.8 Å². The van der Waals surface area contributed by atoms with Crippen molar-refractivity contribution < 1.29 is 18.3 Å². The van der Waals surface area contributed by atoms with Gasteiger partial charge in [0, 0.05) is 12.3 Å². The number of para-hydroxylation sites is 1. The summed E-state index contributed by atoms with van der Waals surface area (Å²) in [6, 6.07) is 15.1. The third-order valence-electron chi connectivity index (χ3n) is 5.57. The molecule has 0 spiro atoms. The van der Waals surface area contributed by atoms with Crippen molar-refractivity contribution in [1.29, 1.82) is 0 Å². The average molecular weight is 386 g/mol. The first-order valence-corrected chi connectivity index (χ1v) is 10.5. The van der Waals surface area contributed by atoms with Crippen LogP contribution < -0.4 is 4.31 Å². The maximum atomic E-state index is 13.3. The molecule has 0 bridgehead atoms. The van der Waals surface area contributed by atoms with Crippen molar-refractivity contribution >= 4 is 21.6 Å². The molecule has 2 aliphatic rings. The Bertz CT molecular complexity index is 961. The number of nitrogens with zero attached hydrogens (tertiary/aromatic N) is 2. The molecule has 6 nitrogen and oxygen atoms in total. The lowest BCUT2D eigenvalue weighted by Gasteiger charge is -2.58. The summed E-state index contributed by atoms with van der Waals surface area (Å²) in [5.74, 6) is -0.115. The first kappa shape index (κ1) is 18.0. The van der Waals surface area contributed by atoms with Crippen LogP contribution in [0.15, 0.2) is 59.5 Å². The van der Waals surface area contributed by atoms with Crippen LogP contribution in [0.1, 0.15) is 24.8 Å². The van der Waals surface area contributed by atoms with Gasteiger partial charge in [-0.2, -0.15) is 0 Å². The number of hydrogen-bond acceptors (Lipinski definition) is 4. The van der Waals surface area contributed by atoms with Gasteiger partial charge in [0.2, 0.25) is 5.91 Å². The third kappa shape index (κ3) is 2.64. The lowest BCUT2D eigenvalue weighted by Crippen LogP contribution is -2.70. The zero-order valence-corrected chi connectivity index (χ0v) is 15.8. The van der Waals surface area contributed by atoms with E-state index in [-0.39, 0.29) is 42.0 Å². The van der Waals surface area contributed by atoms with E-state index in [0.717, 1.165) is 5.56 Å². The van der Waals surface area contributed by atoms with Gasteiger partial charge in [0.25, 0.3) is 10.0 Å². The Morgan fingerprint density at radius 2 is 1.78 bits per heavy atom. The van der Waals surface area contributed by atoms with Gasteiger partial charge in [-0.05, 0) is 23.8 Å². The highest BCUT2D eigenvalue weighted by Crippen LogP contribution is 2.49. The third-order valence-corrected chi connectivity index (χ3v) is 7.36. The monoisotopic (exact) mass is 386 g/mol. The molecule has 1 saturated heterocycles. The van der Waals surface area contributed by atoms with E-state index < -0.39 is 10.0 Å². The van der Waals surface area contributed by atoms with Crippen molar-refractivity contribution in [3.8, 4) is 0 Å². The fourth-order valence-electron chi connectivity index (χ4n) is 4.33. The van der Waals surface area contributed by atoms with E-state index in [1.165, 1.54) is 4.31 Å². The molecule has 2 aliphatic heterocycles. The quantitative estimate of drug-likeness (QED) is 0.871. The molecule has 27 heavy (non-hydrogen) atoms. The number of sulfonamides is 1. The van der Waals surface area contributed by atoms with Gasteiger partial charge in [-0.1, -0.05) is 43.3 Å². The van der Waals surface area contributed by atoms with Crippen LogP contribution in [-0.4, -0.2) is 49.6 Å². The van der Waals surface area contributed by atoms with Gasteiger partial charge in [0.1, 0.15) is 0 Å². The zero-order valence-electron chi connectivity index (χ0n) is 15.0. The summed E-state index contributed by atoms with van der Waals surface area (Å²) in [4.78, 5) is 14.3. The van der Waals surface area contributed by atoms with Crippen molar-refractivity contribution in [1.82, 2.24) is 4.90 Å². The molecule has 2 aromatic rings. The van der Waals surface area contributed by atoms with Crippen molar-refractivity contribution in [3.05, 3.63) is 60.2 Å². The Labute approximate surface area is 159 Å². The number of anilines is 1. The minimum Gasteiger partial charge on any atom is -0.394 e. The number of carbonyl (C=O) groups excluding carboxylic acids is 1. The molecule has 3 atom stereocenters. The Morgan fingerprint density at radius 3 is 2.44 bits per heavy atom. The molecule has 4 rings (SSSR count). The normalized spacial score (nSPS) is 24.0. The Hall–Kier alpha value is -2.38. The van der Waals surface area contributed by atoms with E-state index in [4.69, 9.17) is 0 Å².